The van der Waals surface area contributed by atoms with Gasteiger partial charge in [0.25, 0.3) is 5.56 Å². The molecule has 0 saturated heterocycles. The fraction of sp³-hybridized carbons (Fsp3) is 0.318. The molecule has 1 amide bonds. The number of fused-ring (bicyclic) bond motifs is 2. The van der Waals surface area contributed by atoms with E-state index < -0.39 is 5.92 Å². The fourth-order valence-electron chi connectivity index (χ4n) is 3.71. The first-order valence-corrected chi connectivity index (χ1v) is 9.40. The number of H-pyrrole nitrogens is 1. The van der Waals surface area contributed by atoms with E-state index in [-0.39, 0.29) is 17.1 Å². The van der Waals surface area contributed by atoms with Gasteiger partial charge in [-0.15, -0.1) is 0 Å². The number of ether oxygens (including phenoxy) is 1. The van der Waals surface area contributed by atoms with Gasteiger partial charge in [0, 0.05) is 18.4 Å². The minimum Gasteiger partial charge on any atom is -0.487 e. The molecular formula is C22H23N3O3. The third-order valence-electron chi connectivity index (χ3n) is 5.12. The maximum Gasteiger partial charge on any atom is 0.272 e. The average molecular weight is 377 g/mol. The smallest absolute Gasteiger partial charge is 0.272 e. The van der Waals surface area contributed by atoms with Gasteiger partial charge >= 0.3 is 0 Å². The summed E-state index contributed by atoms with van der Waals surface area (Å²) in [6.07, 6.45) is 0.855. The maximum atomic E-state index is 12.7. The monoisotopic (exact) mass is 377 g/mol. The molecule has 28 heavy (non-hydrogen) atoms. The van der Waals surface area contributed by atoms with Crippen LogP contribution >= 0.6 is 0 Å². The van der Waals surface area contributed by atoms with Crippen molar-refractivity contribution in [3.05, 3.63) is 69.6 Å². The zero-order valence-electron chi connectivity index (χ0n) is 16.2. The number of amides is 1. The van der Waals surface area contributed by atoms with E-state index in [1.165, 1.54) is 0 Å². The van der Waals surface area contributed by atoms with E-state index in [1.807, 2.05) is 24.3 Å². The first kappa shape index (κ1) is 18.2. The number of rotatable bonds is 4. The molecule has 6 heteroatoms. The second-order valence-corrected chi connectivity index (χ2v) is 7.90. The molecule has 2 heterocycles. The van der Waals surface area contributed by atoms with Gasteiger partial charge in [0.15, 0.2) is 0 Å². The lowest BCUT2D eigenvalue weighted by atomic mass is 9.99. The van der Waals surface area contributed by atoms with Gasteiger partial charge in [-0.3, -0.25) is 9.59 Å². The third-order valence-corrected chi connectivity index (χ3v) is 5.12. The van der Waals surface area contributed by atoms with Crippen molar-refractivity contribution in [3.8, 4) is 5.75 Å². The van der Waals surface area contributed by atoms with Crippen LogP contribution in [0, 0.1) is 0 Å². The molecule has 0 fully saturated rings. The molecule has 2 N–H and O–H groups in total. The number of nitrogens with one attached hydrogen (secondary N) is 2. The molecule has 0 saturated carbocycles. The molecule has 4 rings (SSSR count). The van der Waals surface area contributed by atoms with E-state index in [0.29, 0.717) is 23.0 Å². The molecule has 1 aliphatic rings. The summed E-state index contributed by atoms with van der Waals surface area (Å²) in [5.41, 5.74) is 2.32. The molecule has 2 aromatic carbocycles. The van der Waals surface area contributed by atoms with Crippen LogP contribution in [0.25, 0.3) is 10.8 Å². The number of hydrogen-bond donors (Lipinski definition) is 2. The minimum absolute atomic E-state index is 0.137. The van der Waals surface area contributed by atoms with Gasteiger partial charge in [-0.05, 0) is 44.0 Å². The van der Waals surface area contributed by atoms with Gasteiger partial charge in [0.2, 0.25) is 5.91 Å². The van der Waals surface area contributed by atoms with Crippen LogP contribution in [-0.2, 0) is 17.8 Å². The van der Waals surface area contributed by atoms with Crippen LogP contribution < -0.4 is 15.6 Å². The Hall–Kier alpha value is -3.15. The van der Waals surface area contributed by atoms with E-state index in [4.69, 9.17) is 4.74 Å². The van der Waals surface area contributed by atoms with Crippen molar-refractivity contribution >= 4 is 16.7 Å². The summed E-state index contributed by atoms with van der Waals surface area (Å²) in [6.45, 7) is 6.36. The lowest BCUT2D eigenvalue weighted by Gasteiger charge is -2.16. The van der Waals surface area contributed by atoms with Crippen molar-refractivity contribution in [1.82, 2.24) is 15.5 Å². The van der Waals surface area contributed by atoms with Crippen molar-refractivity contribution in [2.75, 3.05) is 0 Å². The summed E-state index contributed by atoms with van der Waals surface area (Å²) in [4.78, 5) is 24.7. The average Bonchev–Trinajstić information content (AvgIpc) is 2.99. The van der Waals surface area contributed by atoms with E-state index in [2.05, 4.69) is 35.4 Å². The van der Waals surface area contributed by atoms with Crippen LogP contribution in [0.1, 0.15) is 43.5 Å². The van der Waals surface area contributed by atoms with Gasteiger partial charge in [-0.1, -0.05) is 30.3 Å². The van der Waals surface area contributed by atoms with E-state index in [9.17, 15) is 9.59 Å². The van der Waals surface area contributed by atoms with Crippen molar-refractivity contribution < 1.29 is 9.53 Å². The standard InChI is InChI=1S/C22H23N3O3/c1-13(19-16-6-4-5-7-17(16)21(27)25-24-19)20(26)23-12-14-8-9-18-15(10-14)11-22(2,3)28-18/h4-10,13H,11-12H2,1-3H3,(H,23,26)(H,25,27). The predicted octanol–water partition coefficient (Wildman–Crippen LogP) is 3.06. The molecule has 1 unspecified atom stereocenters. The predicted molar refractivity (Wildman–Crippen MR) is 107 cm³/mol. The molecule has 1 aliphatic heterocycles. The molecular weight excluding hydrogens is 354 g/mol. The molecule has 6 nitrogen and oxygen atoms in total. The maximum absolute atomic E-state index is 12.7. The summed E-state index contributed by atoms with van der Waals surface area (Å²) in [5.74, 6) is 0.289. The SMILES string of the molecule is CC(C(=O)NCc1ccc2c(c1)CC(C)(C)O2)c1n[nH]c(=O)c2ccccc12. The lowest BCUT2D eigenvalue weighted by Crippen LogP contribution is -2.29. The van der Waals surface area contributed by atoms with Crippen molar-refractivity contribution in [1.29, 1.82) is 0 Å². The highest BCUT2D eigenvalue weighted by Crippen LogP contribution is 2.35. The zero-order chi connectivity index (χ0) is 19.9. The number of carbonyl (C=O) groups is 1. The highest BCUT2D eigenvalue weighted by molar-refractivity contribution is 5.90. The van der Waals surface area contributed by atoms with Crippen LogP contribution in [0.15, 0.2) is 47.3 Å². The molecule has 0 bridgehead atoms. The lowest BCUT2D eigenvalue weighted by molar-refractivity contribution is -0.122. The number of benzene rings is 2. The van der Waals surface area contributed by atoms with E-state index in [0.717, 1.165) is 23.3 Å². The Morgan fingerprint density at radius 2 is 2.00 bits per heavy atom. The molecule has 0 spiro atoms. The Labute approximate surface area is 162 Å². The number of aromatic nitrogens is 2. The first-order chi connectivity index (χ1) is 13.3. The Morgan fingerprint density at radius 1 is 1.25 bits per heavy atom. The van der Waals surface area contributed by atoms with Gasteiger partial charge < -0.3 is 10.1 Å². The Bertz CT molecular complexity index is 1120. The fourth-order valence-corrected chi connectivity index (χ4v) is 3.71. The molecule has 1 aromatic heterocycles. The highest BCUT2D eigenvalue weighted by atomic mass is 16.5. The van der Waals surface area contributed by atoms with Crippen LogP contribution in [0.4, 0.5) is 0 Å². The van der Waals surface area contributed by atoms with Crippen molar-refractivity contribution in [2.45, 2.75) is 45.3 Å². The quantitative estimate of drug-likeness (QED) is 0.732. The van der Waals surface area contributed by atoms with Crippen LogP contribution in [-0.4, -0.2) is 21.7 Å². The van der Waals surface area contributed by atoms with E-state index in [1.54, 1.807) is 19.1 Å². The summed E-state index contributed by atoms with van der Waals surface area (Å²) >= 11 is 0. The Balaban J connectivity index is 1.50. The number of aromatic amines is 1. The Kier molecular flexibility index (Phi) is 4.41. The second-order valence-electron chi connectivity index (χ2n) is 7.90. The molecule has 0 aliphatic carbocycles. The van der Waals surface area contributed by atoms with Crippen molar-refractivity contribution in [2.24, 2.45) is 0 Å². The Morgan fingerprint density at radius 3 is 2.79 bits per heavy atom. The number of hydrogen-bond acceptors (Lipinski definition) is 4. The van der Waals surface area contributed by atoms with E-state index >= 15 is 0 Å². The number of nitrogens with zero attached hydrogens (tertiary/aromatic N) is 1. The van der Waals surface area contributed by atoms with Crippen LogP contribution in [0.3, 0.4) is 0 Å². The first-order valence-electron chi connectivity index (χ1n) is 9.40. The molecule has 144 valence electrons. The zero-order valence-corrected chi connectivity index (χ0v) is 16.2. The van der Waals surface area contributed by atoms with Gasteiger partial charge in [0.05, 0.1) is 17.0 Å². The van der Waals surface area contributed by atoms with Crippen LogP contribution in [0.2, 0.25) is 0 Å². The topological polar surface area (TPSA) is 84.1 Å². The van der Waals surface area contributed by atoms with Gasteiger partial charge in [0.1, 0.15) is 11.4 Å². The largest absolute Gasteiger partial charge is 0.487 e. The summed E-state index contributed by atoms with van der Waals surface area (Å²) in [7, 11) is 0. The summed E-state index contributed by atoms with van der Waals surface area (Å²) < 4.78 is 5.90. The van der Waals surface area contributed by atoms with Gasteiger partial charge in [-0.25, -0.2) is 5.10 Å². The summed E-state index contributed by atoms with van der Waals surface area (Å²) in [6, 6.07) is 13.2. The number of carbonyl (C=O) groups excluding carboxylic acids is 1. The molecule has 3 aromatic rings. The second kappa shape index (κ2) is 6.78. The molecule has 1 atom stereocenters. The normalized spacial score (nSPS) is 15.7. The molecule has 0 radical (unpaired) electrons. The van der Waals surface area contributed by atoms with Gasteiger partial charge in [-0.2, -0.15) is 5.10 Å². The summed E-state index contributed by atoms with van der Waals surface area (Å²) in [5, 5.41) is 10.8. The van der Waals surface area contributed by atoms with Crippen LogP contribution in [0.5, 0.6) is 5.75 Å². The third kappa shape index (κ3) is 3.38. The minimum atomic E-state index is -0.488. The van der Waals surface area contributed by atoms with Crippen molar-refractivity contribution in [3.63, 3.8) is 0 Å². The highest BCUT2D eigenvalue weighted by Gasteiger charge is 2.30.